The van der Waals surface area contributed by atoms with Gasteiger partial charge in [-0.25, -0.2) is 15.9 Å². The highest BCUT2D eigenvalue weighted by Gasteiger charge is 2.15. The van der Waals surface area contributed by atoms with Crippen LogP contribution in [0.25, 0.3) is 22.3 Å². The molecule has 332 valence electrons. The topological polar surface area (TPSA) is 158 Å². The van der Waals surface area contributed by atoms with E-state index in [1.54, 1.807) is 36.4 Å². The summed E-state index contributed by atoms with van der Waals surface area (Å²) in [7, 11) is 0. The zero-order valence-corrected chi connectivity index (χ0v) is 39.2. The third-order valence-corrected chi connectivity index (χ3v) is 9.64. The smallest absolute Gasteiger partial charge is 0.258 e. The van der Waals surface area contributed by atoms with Gasteiger partial charge in [-0.1, -0.05) is 160 Å². The molecule has 0 unspecified atom stereocenters. The maximum Gasteiger partial charge on any atom is 0.258 e. The molecule has 4 aromatic carbocycles. The van der Waals surface area contributed by atoms with Crippen LogP contribution >= 0.6 is 69.6 Å². The van der Waals surface area contributed by atoms with Gasteiger partial charge >= 0.3 is 0 Å². The number of rotatable bonds is 13. The highest BCUT2D eigenvalue weighted by molar-refractivity contribution is 6.56. The number of nitrogens with two attached hydrogens (primary N) is 1. The van der Waals surface area contributed by atoms with E-state index in [0.29, 0.717) is 33.8 Å². The first-order valence-corrected chi connectivity index (χ1v) is 20.8. The Balaban J connectivity index is 0.000000297. The minimum atomic E-state index is -0.328. The maximum atomic E-state index is 12.6. The second kappa shape index (κ2) is 27.8. The number of amides is 2. The number of nitrogens with one attached hydrogen (secondary N) is 2. The van der Waals surface area contributed by atoms with Gasteiger partial charge in [0.2, 0.25) is 0 Å². The number of hydrogen-bond donors (Lipinski definition) is 3. The molecule has 2 heterocycles. The summed E-state index contributed by atoms with van der Waals surface area (Å²) in [5.41, 5.74) is 7.75. The van der Waals surface area contributed by atoms with Gasteiger partial charge in [0.1, 0.15) is 25.9 Å². The second-order valence-corrected chi connectivity index (χ2v) is 15.4. The number of carbonyl (C=O) groups is 3. The molecule has 0 aliphatic rings. The summed E-state index contributed by atoms with van der Waals surface area (Å²) in [5, 5.41) is 10.1. The van der Waals surface area contributed by atoms with Crippen LogP contribution in [0.15, 0.2) is 160 Å². The van der Waals surface area contributed by atoms with Gasteiger partial charge in [0.05, 0.1) is 23.4 Å². The van der Waals surface area contributed by atoms with Crippen molar-refractivity contribution in [3.63, 3.8) is 0 Å². The Bertz CT molecular complexity index is 2580. The molecule has 11 nitrogen and oxygen atoms in total. The van der Waals surface area contributed by atoms with Crippen LogP contribution in [0.4, 0.5) is 11.4 Å². The molecule has 0 fully saturated rings. The summed E-state index contributed by atoms with van der Waals surface area (Å²) in [4.78, 5) is 53.7. The molecule has 0 aliphatic carbocycles. The van der Waals surface area contributed by atoms with Crippen LogP contribution < -0.4 is 28.9 Å². The molecular formula is C46H38Cl7N6O5-. The Hall–Kier alpha value is -5.31. The maximum absolute atomic E-state index is 12.6. The molecule has 6 rings (SSSR count). The molecule has 0 saturated carbocycles. The number of pyridine rings is 2. The van der Waals surface area contributed by atoms with Gasteiger partial charge in [-0.3, -0.25) is 14.4 Å². The summed E-state index contributed by atoms with van der Waals surface area (Å²) in [6.45, 7) is 3.81. The number of anilines is 2. The molecule has 64 heavy (non-hydrogen) atoms. The second-order valence-electron chi connectivity index (χ2n) is 12.7. The number of aromatic nitrogens is 2. The van der Waals surface area contributed by atoms with E-state index in [9.17, 15) is 14.4 Å². The molecule has 4 N–H and O–H groups in total. The van der Waals surface area contributed by atoms with E-state index in [1.807, 2.05) is 91.9 Å². The number of halogens is 7. The number of oxime groups is 1. The summed E-state index contributed by atoms with van der Waals surface area (Å²) in [6, 6.07) is 36.6. The first-order chi connectivity index (χ1) is 30.3. The summed E-state index contributed by atoms with van der Waals surface area (Å²) in [6.07, 6.45) is 6.02. The molecule has 0 aliphatic heterocycles. The van der Waals surface area contributed by atoms with Crippen LogP contribution in [-0.2, 0) is 9.68 Å². The number of carbonyl (C=O) groups excluding carboxylic acids is 3. The van der Waals surface area contributed by atoms with E-state index in [1.165, 1.54) is 31.5 Å². The van der Waals surface area contributed by atoms with Gasteiger partial charge in [0, 0.05) is 40.5 Å². The van der Waals surface area contributed by atoms with Crippen molar-refractivity contribution in [2.24, 2.45) is 11.1 Å². The normalized spacial score (nSPS) is 10.3. The third kappa shape index (κ3) is 17.0. The van der Waals surface area contributed by atoms with Crippen molar-refractivity contribution in [3.05, 3.63) is 187 Å². The molecular weight excluding hydrogens is 965 g/mol. The fourth-order valence-corrected chi connectivity index (χ4v) is 6.01. The standard InChI is InChI=1S/C23H18Cl3N3O2.C20H15ClN2O2.C3H5Cl2NO.ClH/c1-15(29-31-14-12-21(24)25)16-8-10-17(11-9-16)18-5-2-3-7-20(18)28-23(30)19-6-4-13-27-22(19)26;1-13(24)14-8-10-15(11-9-14)16-5-2-3-7-18(16)23-20(25)17-6-4-12-22-19(17)21;4-3(5)1-2-7-6;/h2-13H,14H2,1H3,(H,28,30);2-12H,1H3,(H,23,25);1H,2,6H2;1H/p-1/b29-15-;;;. The van der Waals surface area contributed by atoms with E-state index in [-0.39, 0.29) is 62.5 Å². The highest BCUT2D eigenvalue weighted by atomic mass is 35.5. The molecule has 2 aromatic heterocycles. The molecule has 0 bridgehead atoms. The van der Waals surface area contributed by atoms with E-state index < -0.39 is 0 Å². The first kappa shape index (κ1) is 53.0. The molecule has 6 aromatic rings. The predicted octanol–water partition coefficient (Wildman–Crippen LogP) is 9.77. The van der Waals surface area contributed by atoms with Crippen molar-refractivity contribution in [2.45, 2.75) is 13.8 Å². The Morgan fingerprint density at radius 3 is 1.42 bits per heavy atom. The summed E-state index contributed by atoms with van der Waals surface area (Å²) >= 11 is 33.4. The average Bonchev–Trinajstić information content (AvgIpc) is 3.28. The summed E-state index contributed by atoms with van der Waals surface area (Å²) < 4.78 is 0.305. The number of ketones is 1. The van der Waals surface area contributed by atoms with Crippen molar-refractivity contribution in [3.8, 4) is 22.3 Å². The van der Waals surface area contributed by atoms with Crippen LogP contribution in [0, 0.1) is 0 Å². The molecule has 2 amide bonds. The quantitative estimate of drug-likeness (QED) is 0.0339. The van der Waals surface area contributed by atoms with Crippen molar-refractivity contribution in [1.29, 1.82) is 0 Å². The average molecular weight is 1000 g/mol. The fourth-order valence-electron chi connectivity index (χ4n) is 5.35. The van der Waals surface area contributed by atoms with Crippen molar-refractivity contribution in [1.82, 2.24) is 9.97 Å². The Morgan fingerprint density at radius 2 is 1.03 bits per heavy atom. The van der Waals surface area contributed by atoms with Crippen LogP contribution in [0.5, 0.6) is 0 Å². The van der Waals surface area contributed by atoms with Gasteiger partial charge in [0.15, 0.2) is 5.78 Å². The number of benzene rings is 4. The van der Waals surface area contributed by atoms with Gasteiger partial charge < -0.3 is 32.7 Å². The van der Waals surface area contributed by atoms with E-state index in [0.717, 1.165) is 27.8 Å². The lowest BCUT2D eigenvalue weighted by Gasteiger charge is -2.12. The Labute approximate surface area is 406 Å². The Morgan fingerprint density at radius 1 is 0.609 bits per heavy atom. The minimum Gasteiger partial charge on any atom is -1.00 e. The van der Waals surface area contributed by atoms with E-state index in [2.05, 4.69) is 36.5 Å². The van der Waals surface area contributed by atoms with Gasteiger partial charge in [-0.15, -0.1) is 0 Å². The van der Waals surface area contributed by atoms with Crippen LogP contribution in [0.2, 0.25) is 10.3 Å². The SMILES string of the molecule is C/C(=N/OCC=C(Cl)Cl)c1ccc(-c2ccccc2NC(=O)c2cccnc2Cl)cc1.CC(=O)c1ccc(-c2ccccc2NC(=O)c2cccnc2Cl)cc1.NOCC=C(Cl)Cl.[Cl-]. The zero-order valence-electron chi connectivity index (χ0n) is 33.9. The highest BCUT2D eigenvalue weighted by Crippen LogP contribution is 2.30. The predicted molar refractivity (Wildman–Crippen MR) is 256 cm³/mol. The molecule has 0 spiro atoms. The third-order valence-electron chi connectivity index (χ3n) is 8.42. The van der Waals surface area contributed by atoms with Crippen molar-refractivity contribution >= 4 is 104 Å². The summed E-state index contributed by atoms with van der Waals surface area (Å²) in [5.74, 6) is 3.97. The van der Waals surface area contributed by atoms with E-state index >= 15 is 0 Å². The van der Waals surface area contributed by atoms with Gasteiger partial charge in [-0.2, -0.15) is 0 Å². The zero-order chi connectivity index (χ0) is 45.7. The lowest BCUT2D eigenvalue weighted by atomic mass is 10.0. The molecule has 0 saturated heterocycles. The van der Waals surface area contributed by atoms with Gasteiger partial charge in [0.25, 0.3) is 11.8 Å². The van der Waals surface area contributed by atoms with Crippen LogP contribution in [-0.4, -0.2) is 46.5 Å². The number of Topliss-reactive ketones (excluding diaryl/α,β-unsaturated/α-hetero) is 1. The first-order valence-electron chi connectivity index (χ1n) is 18.5. The van der Waals surface area contributed by atoms with Gasteiger partial charge in [-0.05, 0) is 79.1 Å². The Kier molecular flexibility index (Phi) is 23.0. The molecule has 0 radical (unpaired) electrons. The van der Waals surface area contributed by atoms with E-state index in [4.69, 9.17) is 74.4 Å². The lowest BCUT2D eigenvalue weighted by molar-refractivity contribution is -0.0000354. The fraction of sp³-hybridized carbons (Fsp3) is 0.0870. The van der Waals surface area contributed by atoms with Crippen LogP contribution in [0.3, 0.4) is 0 Å². The molecule has 0 atom stereocenters. The monoisotopic (exact) mass is 999 g/mol. The largest absolute Gasteiger partial charge is 1.00 e. The van der Waals surface area contributed by atoms with Crippen molar-refractivity contribution < 1.29 is 36.5 Å². The lowest BCUT2D eigenvalue weighted by Crippen LogP contribution is -3.00. The minimum absolute atomic E-state index is 0. The number of hydrogen-bond acceptors (Lipinski definition) is 9. The number of nitrogens with zero attached hydrogens (tertiary/aromatic N) is 3. The van der Waals surface area contributed by atoms with Crippen LogP contribution in [0.1, 0.15) is 50.5 Å². The van der Waals surface area contributed by atoms with Crippen molar-refractivity contribution in [2.75, 3.05) is 23.8 Å². The number of para-hydroxylation sites is 2. The molecule has 18 heteroatoms.